The van der Waals surface area contributed by atoms with E-state index < -0.39 is 5.41 Å². The highest BCUT2D eigenvalue weighted by Crippen LogP contribution is 2.66. The predicted octanol–water partition coefficient (Wildman–Crippen LogP) is 11.9. The van der Waals surface area contributed by atoms with Crippen molar-refractivity contribution in [2.45, 2.75) is 5.41 Å². The Morgan fingerprint density at radius 3 is 1.66 bits per heavy atom. The molecule has 53 heavy (non-hydrogen) atoms. The second kappa shape index (κ2) is 10.4. The molecule has 2 aliphatic carbocycles. The van der Waals surface area contributed by atoms with Gasteiger partial charge in [-0.3, -0.25) is 0 Å². The molecule has 0 unspecified atom stereocenters. The molecule has 0 radical (unpaired) electrons. The van der Waals surface area contributed by atoms with Crippen molar-refractivity contribution in [2.75, 3.05) is 0 Å². The zero-order chi connectivity index (χ0) is 34.8. The molecule has 1 heterocycles. The monoisotopic (exact) mass is 673 g/mol. The molecule has 0 atom stereocenters. The van der Waals surface area contributed by atoms with E-state index in [0.29, 0.717) is 0 Å². The summed E-state index contributed by atoms with van der Waals surface area (Å²) in [5, 5.41) is 9.05. The van der Waals surface area contributed by atoms with Crippen LogP contribution in [-0.2, 0) is 12.5 Å². The van der Waals surface area contributed by atoms with Crippen LogP contribution in [0.4, 0.5) is 0 Å². The van der Waals surface area contributed by atoms with Gasteiger partial charge in [0.2, 0.25) is 6.20 Å². The molecule has 9 aromatic carbocycles. The van der Waals surface area contributed by atoms with Crippen LogP contribution in [0.3, 0.4) is 0 Å². The second-order valence-electron chi connectivity index (χ2n) is 14.7. The van der Waals surface area contributed by atoms with Gasteiger partial charge in [0, 0.05) is 0 Å². The normalized spacial score (nSPS) is 13.5. The van der Waals surface area contributed by atoms with Crippen LogP contribution in [0.2, 0.25) is 0 Å². The molecule has 0 saturated carbocycles. The Hall–Kier alpha value is -6.77. The van der Waals surface area contributed by atoms with E-state index in [4.69, 9.17) is 0 Å². The maximum Gasteiger partial charge on any atom is 0.203 e. The Kier molecular flexibility index (Phi) is 5.67. The standard InChI is InChI=1S/C51H33N2/c1-52-31-33-14-2-13-25-47(33)53(52)34-28-26-32(27-29-34)43-30-46-48(40-20-6-4-17-37(40)43)49-41-21-7-3-15-35(41)36-16-5-8-22-42(36)50(49)51(46)44-23-11-9-18-38(44)39-19-10-12-24-45(39)51/h2-31H,1H3/q+1. The van der Waals surface area contributed by atoms with Gasteiger partial charge in [0.25, 0.3) is 0 Å². The van der Waals surface area contributed by atoms with E-state index in [1.54, 1.807) is 0 Å². The van der Waals surface area contributed by atoms with Gasteiger partial charge in [0.05, 0.1) is 10.8 Å². The first-order valence-corrected chi connectivity index (χ1v) is 18.5. The summed E-state index contributed by atoms with van der Waals surface area (Å²) in [6.07, 6.45) is 2.19. The van der Waals surface area contributed by atoms with E-state index in [9.17, 15) is 0 Å². The minimum Gasteiger partial charge on any atom is -0.121 e. The lowest BCUT2D eigenvalue weighted by Crippen LogP contribution is -2.36. The number of aryl methyl sites for hydroxylation is 1. The van der Waals surface area contributed by atoms with Gasteiger partial charge in [-0.05, 0) is 118 Å². The molecule has 12 rings (SSSR count). The van der Waals surface area contributed by atoms with Crippen molar-refractivity contribution in [3.05, 3.63) is 204 Å². The van der Waals surface area contributed by atoms with E-state index in [1.807, 2.05) is 0 Å². The second-order valence-corrected chi connectivity index (χ2v) is 14.7. The van der Waals surface area contributed by atoms with E-state index in [0.717, 1.165) is 5.69 Å². The fourth-order valence-electron chi connectivity index (χ4n) is 10.2. The predicted molar refractivity (Wildman–Crippen MR) is 219 cm³/mol. The quantitative estimate of drug-likeness (QED) is 0.128. The largest absolute Gasteiger partial charge is 0.203 e. The highest BCUT2D eigenvalue weighted by molar-refractivity contribution is 6.24. The zero-order valence-electron chi connectivity index (χ0n) is 29.2. The van der Waals surface area contributed by atoms with Gasteiger partial charge in [-0.15, -0.1) is 9.36 Å². The van der Waals surface area contributed by atoms with Gasteiger partial charge in [0.15, 0.2) is 7.05 Å². The maximum absolute atomic E-state index is 2.56. The average Bonchev–Trinajstić information content (AvgIpc) is 3.84. The first kappa shape index (κ1) is 28.9. The molecule has 1 spiro atoms. The Labute approximate surface area is 307 Å². The molecule has 246 valence electrons. The summed E-state index contributed by atoms with van der Waals surface area (Å²) in [4.78, 5) is 0. The van der Waals surface area contributed by atoms with E-state index in [2.05, 4.69) is 199 Å². The average molecular weight is 674 g/mol. The summed E-state index contributed by atoms with van der Waals surface area (Å²) in [5.74, 6) is 0. The highest BCUT2D eigenvalue weighted by Gasteiger charge is 2.53. The van der Waals surface area contributed by atoms with Gasteiger partial charge in [-0.25, -0.2) is 0 Å². The molecule has 0 bridgehead atoms. The molecule has 2 nitrogen and oxygen atoms in total. The van der Waals surface area contributed by atoms with Crippen LogP contribution in [0.5, 0.6) is 0 Å². The van der Waals surface area contributed by atoms with Crippen molar-refractivity contribution in [2.24, 2.45) is 7.05 Å². The Morgan fingerprint density at radius 2 is 0.962 bits per heavy atom. The summed E-state index contributed by atoms with van der Waals surface area (Å²) in [7, 11) is 2.11. The first-order valence-electron chi connectivity index (χ1n) is 18.5. The SMILES string of the molecule is C[n+]1cc2ccccc2n1-c1ccc(-c2cc3c(c4ccccc24)-c2c(c4ccccc4c4ccccc24)C32c3ccccc3-c3ccccc32)cc1. The molecular formula is C51H33N2+. The molecule has 0 amide bonds. The van der Waals surface area contributed by atoms with Crippen LogP contribution >= 0.6 is 0 Å². The summed E-state index contributed by atoms with van der Waals surface area (Å²) in [6.45, 7) is 0. The molecule has 0 saturated heterocycles. The van der Waals surface area contributed by atoms with Crippen molar-refractivity contribution in [3.8, 4) is 39.1 Å². The van der Waals surface area contributed by atoms with Gasteiger partial charge >= 0.3 is 0 Å². The van der Waals surface area contributed by atoms with E-state index in [-0.39, 0.29) is 0 Å². The topological polar surface area (TPSA) is 8.81 Å². The minimum absolute atomic E-state index is 0.488. The number of benzene rings is 9. The van der Waals surface area contributed by atoms with Crippen LogP contribution < -0.4 is 4.68 Å². The number of hydrogen-bond acceptors (Lipinski definition) is 0. The van der Waals surface area contributed by atoms with Crippen molar-refractivity contribution < 1.29 is 4.68 Å². The molecule has 0 N–H and O–H groups in total. The zero-order valence-corrected chi connectivity index (χ0v) is 29.2. The number of para-hydroxylation sites is 1. The fraction of sp³-hybridized carbons (Fsp3) is 0.0392. The number of nitrogens with zero attached hydrogens (tertiary/aromatic N) is 2. The molecule has 0 aliphatic heterocycles. The number of fused-ring (bicyclic) bond motifs is 18. The number of hydrogen-bond donors (Lipinski definition) is 0. The van der Waals surface area contributed by atoms with Crippen molar-refractivity contribution in [1.82, 2.24) is 4.68 Å². The Bertz CT molecular complexity index is 3130. The third-order valence-corrected chi connectivity index (χ3v) is 12.2. The minimum atomic E-state index is -0.488. The van der Waals surface area contributed by atoms with Gasteiger partial charge in [-0.1, -0.05) is 146 Å². The maximum atomic E-state index is 2.56. The smallest absolute Gasteiger partial charge is 0.121 e. The van der Waals surface area contributed by atoms with Crippen LogP contribution in [-0.4, -0.2) is 4.68 Å². The van der Waals surface area contributed by atoms with Gasteiger partial charge < -0.3 is 0 Å². The summed E-state index contributed by atoms with van der Waals surface area (Å²) in [5.41, 5.74) is 15.2. The summed E-state index contributed by atoms with van der Waals surface area (Å²) in [6, 6.07) is 65.9. The Morgan fingerprint density at radius 1 is 0.434 bits per heavy atom. The van der Waals surface area contributed by atoms with Crippen LogP contribution in [0, 0.1) is 0 Å². The summed E-state index contributed by atoms with van der Waals surface area (Å²) < 4.78 is 4.46. The summed E-state index contributed by atoms with van der Waals surface area (Å²) >= 11 is 0. The highest BCUT2D eigenvalue weighted by atomic mass is 15.4. The van der Waals surface area contributed by atoms with Crippen LogP contribution in [0.25, 0.3) is 82.3 Å². The third-order valence-electron chi connectivity index (χ3n) is 12.2. The van der Waals surface area contributed by atoms with Gasteiger partial charge in [-0.2, -0.15) is 0 Å². The van der Waals surface area contributed by atoms with Crippen LogP contribution in [0.15, 0.2) is 182 Å². The fourth-order valence-corrected chi connectivity index (χ4v) is 10.2. The lowest BCUT2D eigenvalue weighted by Gasteiger charge is -2.32. The molecule has 2 heteroatoms. The van der Waals surface area contributed by atoms with Crippen molar-refractivity contribution >= 4 is 43.2 Å². The third kappa shape index (κ3) is 3.60. The lowest BCUT2D eigenvalue weighted by molar-refractivity contribution is -0.741. The molecule has 0 fully saturated rings. The molecular weight excluding hydrogens is 641 g/mol. The Balaban J connectivity index is 1.23. The van der Waals surface area contributed by atoms with E-state index >= 15 is 0 Å². The van der Waals surface area contributed by atoms with Crippen molar-refractivity contribution in [3.63, 3.8) is 0 Å². The van der Waals surface area contributed by atoms with Gasteiger partial charge in [0.1, 0.15) is 11.2 Å². The number of rotatable bonds is 2. The van der Waals surface area contributed by atoms with Crippen LogP contribution in [0.1, 0.15) is 22.3 Å². The molecule has 2 aliphatic rings. The lowest BCUT2D eigenvalue weighted by atomic mass is 9.68. The number of aromatic nitrogens is 2. The molecule has 10 aromatic rings. The molecule has 1 aromatic heterocycles. The first-order chi connectivity index (χ1) is 26.2. The van der Waals surface area contributed by atoms with Crippen molar-refractivity contribution in [1.29, 1.82) is 0 Å². The van der Waals surface area contributed by atoms with E-state index in [1.165, 1.54) is 98.9 Å².